The Morgan fingerprint density at radius 1 is 1.37 bits per heavy atom. The number of benzene rings is 1. The van der Waals surface area contributed by atoms with Crippen molar-refractivity contribution in [1.29, 1.82) is 0 Å². The van der Waals surface area contributed by atoms with Crippen LogP contribution in [0.3, 0.4) is 0 Å². The minimum Gasteiger partial charge on any atom is -0.451 e. The molecular formula is C14H14N2O3. The van der Waals surface area contributed by atoms with Crippen LogP contribution in [-0.4, -0.2) is 16.7 Å². The number of oxazole rings is 1. The number of aryl methyl sites for hydroxylation is 1. The highest BCUT2D eigenvalue weighted by Crippen LogP contribution is 2.12. The minimum atomic E-state index is -0.122. The molecule has 0 saturated heterocycles. The number of hydrogen-bond acceptors (Lipinski definition) is 4. The van der Waals surface area contributed by atoms with E-state index >= 15 is 0 Å². The number of amides is 1. The zero-order valence-corrected chi connectivity index (χ0v) is 10.6. The van der Waals surface area contributed by atoms with Crippen molar-refractivity contribution in [2.75, 3.05) is 5.32 Å². The van der Waals surface area contributed by atoms with Crippen LogP contribution in [0.25, 0.3) is 0 Å². The van der Waals surface area contributed by atoms with Crippen LogP contribution in [0.1, 0.15) is 29.4 Å². The summed E-state index contributed by atoms with van der Waals surface area (Å²) >= 11 is 0. The van der Waals surface area contributed by atoms with Crippen molar-refractivity contribution in [3.05, 3.63) is 48.2 Å². The van der Waals surface area contributed by atoms with Crippen LogP contribution in [0, 0.1) is 0 Å². The number of Topliss-reactive ketones (excluding diaryl/α,β-unsaturated/α-hetero) is 1. The van der Waals surface area contributed by atoms with Crippen LogP contribution in [-0.2, 0) is 11.2 Å². The average molecular weight is 258 g/mol. The van der Waals surface area contributed by atoms with Crippen molar-refractivity contribution in [2.24, 2.45) is 0 Å². The van der Waals surface area contributed by atoms with Crippen LogP contribution in [0.4, 0.5) is 5.69 Å². The smallest absolute Gasteiger partial charge is 0.224 e. The molecule has 1 heterocycles. The molecule has 0 saturated carbocycles. The quantitative estimate of drug-likeness (QED) is 0.836. The van der Waals surface area contributed by atoms with Crippen molar-refractivity contribution in [2.45, 2.75) is 19.8 Å². The number of anilines is 1. The minimum absolute atomic E-state index is 0.0290. The molecule has 5 nitrogen and oxygen atoms in total. The molecule has 0 spiro atoms. The first-order valence-corrected chi connectivity index (χ1v) is 5.93. The highest BCUT2D eigenvalue weighted by molar-refractivity contribution is 5.97. The second-order valence-electron chi connectivity index (χ2n) is 4.16. The molecule has 0 fully saturated rings. The third-order valence-electron chi connectivity index (χ3n) is 2.64. The first-order valence-electron chi connectivity index (χ1n) is 5.93. The number of aromatic nitrogens is 1. The summed E-state index contributed by atoms with van der Waals surface area (Å²) in [5.74, 6) is -0.151. The number of nitrogens with one attached hydrogen (secondary N) is 1. The molecule has 2 rings (SSSR count). The van der Waals surface area contributed by atoms with E-state index in [9.17, 15) is 9.59 Å². The van der Waals surface area contributed by atoms with Gasteiger partial charge < -0.3 is 9.73 Å². The fourth-order valence-electron chi connectivity index (χ4n) is 1.64. The molecule has 0 aliphatic carbocycles. The fourth-order valence-corrected chi connectivity index (χ4v) is 1.64. The standard InChI is InChI=1S/C14H14N2O3/c1-10(17)11-3-2-4-12(7-11)16-14(18)6-5-13-8-19-9-15-13/h2-4,7-9H,5-6H2,1H3,(H,16,18). The molecular weight excluding hydrogens is 244 g/mol. The molecule has 0 unspecified atom stereocenters. The monoisotopic (exact) mass is 258 g/mol. The number of ketones is 1. The molecule has 0 atom stereocenters. The van der Waals surface area contributed by atoms with Crippen molar-refractivity contribution >= 4 is 17.4 Å². The molecule has 0 bridgehead atoms. The van der Waals surface area contributed by atoms with E-state index in [-0.39, 0.29) is 11.7 Å². The van der Waals surface area contributed by atoms with E-state index in [1.54, 1.807) is 24.3 Å². The summed E-state index contributed by atoms with van der Waals surface area (Å²) in [6, 6.07) is 6.87. The Kier molecular flexibility index (Phi) is 4.07. The van der Waals surface area contributed by atoms with Crippen LogP contribution < -0.4 is 5.32 Å². The van der Waals surface area contributed by atoms with E-state index in [1.165, 1.54) is 19.6 Å². The van der Waals surface area contributed by atoms with Gasteiger partial charge in [-0.25, -0.2) is 4.98 Å². The van der Waals surface area contributed by atoms with Gasteiger partial charge in [0.25, 0.3) is 0 Å². The lowest BCUT2D eigenvalue weighted by atomic mass is 10.1. The molecule has 98 valence electrons. The Labute approximate surface area is 110 Å². The Balaban J connectivity index is 1.91. The van der Waals surface area contributed by atoms with Gasteiger partial charge >= 0.3 is 0 Å². The third kappa shape index (κ3) is 3.77. The molecule has 5 heteroatoms. The lowest BCUT2D eigenvalue weighted by Crippen LogP contribution is -2.12. The molecule has 1 amide bonds. The predicted octanol–water partition coefficient (Wildman–Crippen LogP) is 2.45. The zero-order valence-electron chi connectivity index (χ0n) is 10.6. The Morgan fingerprint density at radius 2 is 2.21 bits per heavy atom. The second kappa shape index (κ2) is 5.95. The lowest BCUT2D eigenvalue weighted by molar-refractivity contribution is -0.116. The average Bonchev–Trinajstić information content (AvgIpc) is 2.90. The van der Waals surface area contributed by atoms with Gasteiger partial charge in [0.1, 0.15) is 6.26 Å². The van der Waals surface area contributed by atoms with Gasteiger partial charge in [-0.2, -0.15) is 0 Å². The van der Waals surface area contributed by atoms with E-state index in [0.717, 1.165) is 5.69 Å². The summed E-state index contributed by atoms with van der Waals surface area (Å²) < 4.78 is 4.83. The van der Waals surface area contributed by atoms with Gasteiger partial charge in [0.2, 0.25) is 5.91 Å². The molecule has 2 aromatic rings. The molecule has 0 aliphatic heterocycles. The van der Waals surface area contributed by atoms with Gasteiger partial charge in [-0.05, 0) is 19.1 Å². The largest absolute Gasteiger partial charge is 0.451 e. The topological polar surface area (TPSA) is 72.2 Å². The summed E-state index contributed by atoms with van der Waals surface area (Å²) in [6.45, 7) is 1.49. The molecule has 0 radical (unpaired) electrons. The SMILES string of the molecule is CC(=O)c1cccc(NC(=O)CCc2cocn2)c1. The highest BCUT2D eigenvalue weighted by Gasteiger charge is 2.06. The summed E-state index contributed by atoms with van der Waals surface area (Å²) in [5.41, 5.74) is 1.94. The number of carbonyl (C=O) groups is 2. The van der Waals surface area contributed by atoms with Gasteiger partial charge in [-0.15, -0.1) is 0 Å². The Morgan fingerprint density at radius 3 is 2.89 bits per heavy atom. The number of carbonyl (C=O) groups excluding carboxylic acids is 2. The first-order chi connectivity index (χ1) is 9.15. The van der Waals surface area contributed by atoms with Crippen LogP contribution in [0.5, 0.6) is 0 Å². The highest BCUT2D eigenvalue weighted by atomic mass is 16.3. The maximum Gasteiger partial charge on any atom is 0.224 e. The van der Waals surface area contributed by atoms with E-state index in [1.807, 2.05) is 0 Å². The molecule has 1 aromatic heterocycles. The maximum absolute atomic E-state index is 11.7. The summed E-state index contributed by atoms with van der Waals surface area (Å²) in [7, 11) is 0. The molecule has 19 heavy (non-hydrogen) atoms. The van der Waals surface area contributed by atoms with Gasteiger partial charge in [0.05, 0.1) is 5.69 Å². The first kappa shape index (κ1) is 13.0. The Bertz CT molecular complexity index is 576. The normalized spacial score (nSPS) is 10.2. The summed E-state index contributed by atoms with van der Waals surface area (Å²) in [5, 5.41) is 2.75. The van der Waals surface area contributed by atoms with Gasteiger partial charge in [-0.1, -0.05) is 12.1 Å². The van der Waals surface area contributed by atoms with Crippen molar-refractivity contribution in [1.82, 2.24) is 4.98 Å². The van der Waals surface area contributed by atoms with E-state index in [0.29, 0.717) is 24.1 Å². The number of rotatable bonds is 5. The van der Waals surface area contributed by atoms with Crippen LogP contribution in [0.15, 0.2) is 41.3 Å². The van der Waals surface area contributed by atoms with Crippen molar-refractivity contribution in [3.8, 4) is 0 Å². The van der Waals surface area contributed by atoms with E-state index in [2.05, 4.69) is 10.3 Å². The zero-order chi connectivity index (χ0) is 13.7. The predicted molar refractivity (Wildman–Crippen MR) is 69.9 cm³/mol. The summed E-state index contributed by atoms with van der Waals surface area (Å²) in [6.07, 6.45) is 3.69. The van der Waals surface area contributed by atoms with E-state index < -0.39 is 0 Å². The maximum atomic E-state index is 11.7. The van der Waals surface area contributed by atoms with Gasteiger partial charge in [0, 0.05) is 24.1 Å². The second-order valence-corrected chi connectivity index (χ2v) is 4.16. The van der Waals surface area contributed by atoms with Crippen LogP contribution in [0.2, 0.25) is 0 Å². The molecule has 0 aliphatic rings. The third-order valence-corrected chi connectivity index (χ3v) is 2.64. The van der Waals surface area contributed by atoms with Crippen molar-refractivity contribution < 1.29 is 14.0 Å². The van der Waals surface area contributed by atoms with Crippen molar-refractivity contribution in [3.63, 3.8) is 0 Å². The van der Waals surface area contributed by atoms with E-state index in [4.69, 9.17) is 4.42 Å². The number of hydrogen-bond donors (Lipinski definition) is 1. The van der Waals surface area contributed by atoms with Crippen LogP contribution >= 0.6 is 0 Å². The molecule has 1 N–H and O–H groups in total. The summed E-state index contributed by atoms with van der Waals surface area (Å²) in [4.78, 5) is 26.9. The lowest BCUT2D eigenvalue weighted by Gasteiger charge is -2.05. The fraction of sp³-hybridized carbons (Fsp3) is 0.214. The van der Waals surface area contributed by atoms with Gasteiger partial charge in [-0.3, -0.25) is 9.59 Å². The number of nitrogens with zero attached hydrogens (tertiary/aromatic N) is 1. The van der Waals surface area contributed by atoms with Gasteiger partial charge in [0.15, 0.2) is 12.2 Å². The molecule has 1 aromatic carbocycles. The Hall–Kier alpha value is -2.43.